The van der Waals surface area contributed by atoms with Gasteiger partial charge in [-0.25, -0.2) is 0 Å². The van der Waals surface area contributed by atoms with E-state index < -0.39 is 5.41 Å². The molecule has 0 saturated heterocycles. The van der Waals surface area contributed by atoms with E-state index >= 15 is 0 Å². The minimum atomic E-state index is -0.468. The van der Waals surface area contributed by atoms with Crippen LogP contribution in [0.1, 0.15) is 22.3 Å². The van der Waals surface area contributed by atoms with Crippen molar-refractivity contribution in [1.29, 1.82) is 0 Å². The summed E-state index contributed by atoms with van der Waals surface area (Å²) in [6.45, 7) is 0. The third-order valence-electron chi connectivity index (χ3n) is 9.92. The fourth-order valence-electron chi connectivity index (χ4n) is 8.23. The summed E-state index contributed by atoms with van der Waals surface area (Å²) in [5.74, 6) is 0. The van der Waals surface area contributed by atoms with Crippen LogP contribution in [-0.2, 0) is 5.41 Å². The average molecular weight is 624 g/mol. The third kappa shape index (κ3) is 3.35. The van der Waals surface area contributed by atoms with Gasteiger partial charge in [0.15, 0.2) is 0 Å². The Kier molecular flexibility index (Phi) is 5.49. The van der Waals surface area contributed by atoms with Gasteiger partial charge < -0.3 is 4.90 Å². The molecule has 3 heteroatoms. The van der Waals surface area contributed by atoms with Gasteiger partial charge in [0, 0.05) is 31.7 Å². The molecule has 0 radical (unpaired) electrons. The third-order valence-corrected chi connectivity index (χ3v) is 11.3. The highest BCUT2D eigenvalue weighted by atomic mass is 35.5. The second kappa shape index (κ2) is 9.67. The van der Waals surface area contributed by atoms with Crippen LogP contribution in [0.15, 0.2) is 158 Å². The minimum Gasteiger partial charge on any atom is -0.308 e. The summed E-state index contributed by atoms with van der Waals surface area (Å²) in [6, 6.07) is 57.4. The lowest BCUT2D eigenvalue weighted by Crippen LogP contribution is -2.26. The van der Waals surface area contributed by atoms with Crippen LogP contribution in [0.4, 0.5) is 17.1 Å². The first-order chi connectivity index (χ1) is 22.7. The molecule has 0 unspecified atom stereocenters. The van der Waals surface area contributed by atoms with Gasteiger partial charge in [-0.3, -0.25) is 0 Å². The van der Waals surface area contributed by atoms with Crippen molar-refractivity contribution in [3.63, 3.8) is 0 Å². The highest BCUT2D eigenvalue weighted by molar-refractivity contribution is 7.26. The van der Waals surface area contributed by atoms with E-state index in [4.69, 9.17) is 11.6 Å². The Morgan fingerprint density at radius 1 is 0.478 bits per heavy atom. The molecule has 1 spiro atoms. The van der Waals surface area contributed by atoms with Crippen molar-refractivity contribution >= 4 is 60.2 Å². The number of anilines is 3. The topological polar surface area (TPSA) is 3.24 Å². The van der Waals surface area contributed by atoms with Crippen molar-refractivity contribution in [1.82, 2.24) is 0 Å². The van der Waals surface area contributed by atoms with E-state index in [-0.39, 0.29) is 0 Å². The first-order valence-electron chi connectivity index (χ1n) is 15.6. The fourth-order valence-corrected chi connectivity index (χ4v) is 9.65. The van der Waals surface area contributed by atoms with Gasteiger partial charge in [-0.2, -0.15) is 0 Å². The number of hydrogen-bond acceptors (Lipinski definition) is 2. The number of rotatable bonds is 3. The lowest BCUT2D eigenvalue weighted by molar-refractivity contribution is 0.794. The van der Waals surface area contributed by atoms with Gasteiger partial charge in [0.2, 0.25) is 0 Å². The van der Waals surface area contributed by atoms with E-state index in [2.05, 4.69) is 163 Å². The molecule has 1 heterocycles. The van der Waals surface area contributed by atoms with Gasteiger partial charge in [0.1, 0.15) is 0 Å². The number of para-hydroxylation sites is 1. The number of fused-ring (bicyclic) bond motifs is 13. The number of nitrogens with zero attached hydrogens (tertiary/aromatic N) is 1. The second-order valence-electron chi connectivity index (χ2n) is 12.2. The molecule has 0 saturated carbocycles. The van der Waals surface area contributed by atoms with Crippen molar-refractivity contribution < 1.29 is 0 Å². The fraction of sp³-hybridized carbons (Fsp3) is 0.0233. The van der Waals surface area contributed by atoms with Gasteiger partial charge in [-0.1, -0.05) is 133 Å². The monoisotopic (exact) mass is 623 g/mol. The summed E-state index contributed by atoms with van der Waals surface area (Å²) < 4.78 is 2.55. The summed E-state index contributed by atoms with van der Waals surface area (Å²) in [6.07, 6.45) is 0. The van der Waals surface area contributed by atoms with E-state index in [0.29, 0.717) is 0 Å². The lowest BCUT2D eigenvalue weighted by Gasteiger charge is -2.32. The molecule has 0 atom stereocenters. The van der Waals surface area contributed by atoms with Gasteiger partial charge >= 0.3 is 0 Å². The van der Waals surface area contributed by atoms with E-state index in [1.165, 1.54) is 64.7 Å². The quantitative estimate of drug-likeness (QED) is 0.189. The molecule has 0 bridgehead atoms. The molecular formula is C43H26ClNS. The summed E-state index contributed by atoms with van der Waals surface area (Å²) in [5.41, 5.74) is 13.1. The Bertz CT molecular complexity index is 2460. The van der Waals surface area contributed by atoms with Gasteiger partial charge in [-0.05, 0) is 75.3 Å². The van der Waals surface area contributed by atoms with Crippen LogP contribution < -0.4 is 4.90 Å². The maximum atomic E-state index is 7.26. The lowest BCUT2D eigenvalue weighted by atomic mass is 9.70. The predicted molar refractivity (Wildman–Crippen MR) is 195 cm³/mol. The molecule has 0 fully saturated rings. The SMILES string of the molecule is Clc1cc(N(c2ccccc2)c2cccc3c2sc2ccccc23)c2c(c1)C1(c3ccccc3-c3ccccc31)c1ccccc1-2. The molecule has 7 aromatic carbocycles. The van der Waals surface area contributed by atoms with Crippen molar-refractivity contribution in [2.75, 3.05) is 4.90 Å². The first-order valence-corrected chi connectivity index (χ1v) is 16.8. The average Bonchev–Trinajstić information content (AvgIpc) is 3.73. The zero-order valence-corrected chi connectivity index (χ0v) is 26.3. The number of halogens is 1. The highest BCUT2D eigenvalue weighted by Crippen LogP contribution is 2.65. The van der Waals surface area contributed by atoms with Gasteiger partial charge in [0.05, 0.1) is 21.5 Å². The zero-order chi connectivity index (χ0) is 30.4. The zero-order valence-electron chi connectivity index (χ0n) is 24.7. The summed E-state index contributed by atoms with van der Waals surface area (Å²) in [4.78, 5) is 2.44. The first kappa shape index (κ1) is 26.1. The van der Waals surface area contributed by atoms with Crippen LogP contribution in [0.3, 0.4) is 0 Å². The maximum Gasteiger partial charge on any atom is 0.0726 e. The molecule has 2 aliphatic carbocycles. The summed E-state index contributed by atoms with van der Waals surface area (Å²) in [7, 11) is 0. The van der Waals surface area contributed by atoms with E-state index in [1.807, 2.05) is 11.3 Å². The number of thiophene rings is 1. The van der Waals surface area contributed by atoms with Gasteiger partial charge in [-0.15, -0.1) is 11.3 Å². The molecular weight excluding hydrogens is 598 g/mol. The van der Waals surface area contributed by atoms with Gasteiger partial charge in [0.25, 0.3) is 0 Å². The maximum absolute atomic E-state index is 7.26. The van der Waals surface area contributed by atoms with Crippen LogP contribution >= 0.6 is 22.9 Å². The van der Waals surface area contributed by atoms with E-state index in [1.54, 1.807) is 0 Å². The van der Waals surface area contributed by atoms with Crippen LogP contribution in [0.5, 0.6) is 0 Å². The molecule has 0 aliphatic heterocycles. The normalized spacial score (nSPS) is 13.5. The Hall–Kier alpha value is -5.15. The molecule has 0 N–H and O–H groups in total. The Morgan fingerprint density at radius 2 is 1.07 bits per heavy atom. The van der Waals surface area contributed by atoms with Crippen molar-refractivity contribution in [3.05, 3.63) is 185 Å². The van der Waals surface area contributed by atoms with Crippen LogP contribution in [0.25, 0.3) is 42.4 Å². The van der Waals surface area contributed by atoms with Crippen LogP contribution in [0, 0.1) is 0 Å². The molecule has 1 aromatic heterocycles. The van der Waals surface area contributed by atoms with Crippen molar-refractivity contribution in [2.24, 2.45) is 0 Å². The second-order valence-corrected chi connectivity index (χ2v) is 13.6. The largest absolute Gasteiger partial charge is 0.308 e. The summed E-state index contributed by atoms with van der Waals surface area (Å²) in [5, 5.41) is 3.29. The molecule has 46 heavy (non-hydrogen) atoms. The molecule has 10 rings (SSSR count). The standard InChI is InChI=1S/C43H26ClNS/c44-27-25-37-41(33-18-6-10-22-36(33)43(37)34-20-8-4-15-29(34)30-16-5-9-21-35(30)43)39(26-27)45(28-13-2-1-3-14-28)38-23-12-19-32-31-17-7-11-24-40(31)46-42(32)38/h1-26H. The van der Waals surface area contributed by atoms with Crippen molar-refractivity contribution in [3.8, 4) is 22.3 Å². The molecule has 1 nitrogen and oxygen atoms in total. The highest BCUT2D eigenvalue weighted by Gasteiger charge is 2.52. The predicted octanol–water partition coefficient (Wildman–Crippen LogP) is 12.5. The molecule has 8 aromatic rings. The minimum absolute atomic E-state index is 0.468. The molecule has 2 aliphatic rings. The van der Waals surface area contributed by atoms with Crippen LogP contribution in [0.2, 0.25) is 5.02 Å². The Labute approximate surface area is 276 Å². The van der Waals surface area contributed by atoms with E-state index in [9.17, 15) is 0 Å². The molecule has 216 valence electrons. The number of hydrogen-bond donors (Lipinski definition) is 0. The number of benzene rings is 7. The molecule has 0 amide bonds. The Morgan fingerprint density at radius 3 is 1.80 bits per heavy atom. The van der Waals surface area contributed by atoms with E-state index in [0.717, 1.165) is 22.1 Å². The smallest absolute Gasteiger partial charge is 0.0726 e. The van der Waals surface area contributed by atoms with Crippen LogP contribution in [-0.4, -0.2) is 0 Å². The van der Waals surface area contributed by atoms with Crippen molar-refractivity contribution in [2.45, 2.75) is 5.41 Å². The summed E-state index contributed by atoms with van der Waals surface area (Å²) >= 11 is 9.12. The Balaban J connectivity index is 1.35.